The Morgan fingerprint density at radius 3 is 1.98 bits per heavy atom. The highest BCUT2D eigenvalue weighted by Gasteiger charge is 2.32. The average Bonchev–Trinajstić information content (AvgIpc) is 3.46. The molecule has 0 saturated carbocycles. The highest BCUT2D eigenvalue weighted by atomic mass is 32.2. The van der Waals surface area contributed by atoms with E-state index in [-0.39, 0.29) is 48.2 Å². The number of rotatable bonds is 11. The van der Waals surface area contributed by atoms with Crippen LogP contribution in [0.15, 0.2) is 138 Å². The standard InChI is InChI=1S/C40H37N5O8S2/c46-39(44-21-6-22-45(24-23-44)40(47)52-28-30-7-2-1-3-8-30)36(43-54(48,49)37-11-4-9-31-26-41-19-17-34(31)37)25-29-13-15-33(16-14-29)53-55(50,51)38-12-5-10-32-27-42-20-18-35(32)38/h1-5,7-20,26-27,36,43H,6,21-25,28H2. The number of aromatic nitrogens is 2. The Kier molecular flexibility index (Phi) is 11.0. The molecule has 2 aromatic heterocycles. The molecule has 0 radical (unpaired) electrons. The molecular weight excluding hydrogens is 743 g/mol. The average molecular weight is 780 g/mol. The van der Waals surface area contributed by atoms with E-state index in [0.29, 0.717) is 40.1 Å². The number of fused-ring (bicyclic) bond motifs is 2. The van der Waals surface area contributed by atoms with Crippen molar-refractivity contribution in [2.75, 3.05) is 26.2 Å². The van der Waals surface area contributed by atoms with Gasteiger partial charge in [-0.3, -0.25) is 14.8 Å². The second kappa shape index (κ2) is 16.2. The topological polar surface area (TPSA) is 165 Å². The number of carbonyl (C=O) groups is 2. The molecule has 7 rings (SSSR count). The molecule has 0 bridgehead atoms. The van der Waals surface area contributed by atoms with E-state index in [2.05, 4.69) is 14.7 Å². The fourth-order valence-corrected chi connectivity index (χ4v) is 9.08. The number of carbonyl (C=O) groups excluding carboxylic acids is 2. The Balaban J connectivity index is 1.10. The summed E-state index contributed by atoms with van der Waals surface area (Å²) < 4.78 is 68.3. The first-order chi connectivity index (χ1) is 26.6. The summed E-state index contributed by atoms with van der Waals surface area (Å²) in [4.78, 5) is 38.4. The van der Waals surface area contributed by atoms with Crippen LogP contribution >= 0.6 is 0 Å². The van der Waals surface area contributed by atoms with Gasteiger partial charge in [0.2, 0.25) is 15.9 Å². The van der Waals surface area contributed by atoms with Gasteiger partial charge in [0.1, 0.15) is 23.3 Å². The van der Waals surface area contributed by atoms with Crippen LogP contribution in [0.3, 0.4) is 0 Å². The van der Waals surface area contributed by atoms with Crippen LogP contribution in [0, 0.1) is 0 Å². The number of hydrogen-bond acceptors (Lipinski definition) is 10. The molecule has 2 amide bonds. The molecular formula is C40H37N5O8S2. The van der Waals surface area contributed by atoms with Crippen molar-refractivity contribution in [1.29, 1.82) is 0 Å². The summed E-state index contributed by atoms with van der Waals surface area (Å²) in [6.45, 7) is 1.12. The highest BCUT2D eigenvalue weighted by Crippen LogP contribution is 2.27. The maximum Gasteiger partial charge on any atom is 0.410 e. The molecule has 1 aliphatic rings. The molecule has 282 valence electrons. The largest absolute Gasteiger partial charge is 0.445 e. The first-order valence-electron chi connectivity index (χ1n) is 17.5. The quantitative estimate of drug-likeness (QED) is 0.170. The van der Waals surface area contributed by atoms with Crippen molar-refractivity contribution in [3.05, 3.63) is 139 Å². The number of nitrogens with one attached hydrogen (secondary N) is 1. The van der Waals surface area contributed by atoms with Crippen molar-refractivity contribution in [2.24, 2.45) is 0 Å². The van der Waals surface area contributed by atoms with Crippen LogP contribution in [0.1, 0.15) is 17.5 Å². The zero-order valence-corrected chi connectivity index (χ0v) is 31.2. The number of amides is 2. The third-order valence-electron chi connectivity index (χ3n) is 9.28. The lowest BCUT2D eigenvalue weighted by molar-refractivity contribution is -0.132. The Bertz CT molecular complexity index is 2540. The molecule has 13 nitrogen and oxygen atoms in total. The van der Waals surface area contributed by atoms with Gasteiger partial charge >= 0.3 is 16.2 Å². The first kappa shape index (κ1) is 37.4. The molecule has 3 heterocycles. The van der Waals surface area contributed by atoms with Crippen molar-refractivity contribution in [3.8, 4) is 5.75 Å². The molecule has 55 heavy (non-hydrogen) atoms. The predicted molar refractivity (Wildman–Crippen MR) is 205 cm³/mol. The molecule has 0 aliphatic carbocycles. The molecule has 6 aromatic rings. The zero-order valence-electron chi connectivity index (χ0n) is 29.5. The maximum absolute atomic E-state index is 14.3. The third-order valence-corrected chi connectivity index (χ3v) is 12.1. The van der Waals surface area contributed by atoms with Crippen LogP contribution in [0.25, 0.3) is 21.5 Å². The van der Waals surface area contributed by atoms with Crippen molar-refractivity contribution < 1.29 is 35.3 Å². The molecule has 1 atom stereocenters. The van der Waals surface area contributed by atoms with Crippen molar-refractivity contribution in [2.45, 2.75) is 35.3 Å². The lowest BCUT2D eigenvalue weighted by atomic mass is 10.1. The minimum absolute atomic E-state index is 0.00780. The molecule has 1 saturated heterocycles. The monoisotopic (exact) mass is 779 g/mol. The van der Waals surface area contributed by atoms with Gasteiger partial charge in [0.15, 0.2) is 0 Å². The van der Waals surface area contributed by atoms with Gasteiger partial charge in [0, 0.05) is 72.5 Å². The summed E-state index contributed by atoms with van der Waals surface area (Å²) >= 11 is 0. The Labute approximate surface area is 318 Å². The summed E-state index contributed by atoms with van der Waals surface area (Å²) in [5.74, 6) is -0.437. The van der Waals surface area contributed by atoms with E-state index in [1.54, 1.807) is 70.7 Å². The van der Waals surface area contributed by atoms with E-state index in [4.69, 9.17) is 8.92 Å². The van der Waals surface area contributed by atoms with Gasteiger partial charge < -0.3 is 18.7 Å². The number of sulfonamides is 1. The maximum atomic E-state index is 14.3. The van der Waals surface area contributed by atoms with E-state index in [0.717, 1.165) is 5.56 Å². The predicted octanol–water partition coefficient (Wildman–Crippen LogP) is 5.31. The number of ether oxygens (including phenoxy) is 1. The van der Waals surface area contributed by atoms with Gasteiger partial charge in [0.05, 0.1) is 4.90 Å². The molecule has 1 fully saturated rings. The minimum atomic E-state index is -4.26. The van der Waals surface area contributed by atoms with Gasteiger partial charge in [-0.1, -0.05) is 66.7 Å². The highest BCUT2D eigenvalue weighted by molar-refractivity contribution is 7.89. The molecule has 0 spiro atoms. The van der Waals surface area contributed by atoms with E-state index in [1.165, 1.54) is 36.7 Å². The van der Waals surface area contributed by atoms with Crippen LogP contribution in [0.2, 0.25) is 0 Å². The SMILES string of the molecule is O=C(OCc1ccccc1)N1CCCN(C(=O)C(Cc2ccc(OS(=O)(=O)c3cccc4cnccc34)cc2)NS(=O)(=O)c2cccc3cnccc23)CC1. The smallest absolute Gasteiger partial charge is 0.410 e. The number of pyridine rings is 2. The fourth-order valence-electron chi connectivity index (χ4n) is 6.51. The summed E-state index contributed by atoms with van der Waals surface area (Å²) in [6.07, 6.45) is 6.02. The van der Waals surface area contributed by atoms with Gasteiger partial charge in [0.25, 0.3) is 0 Å². The zero-order chi connectivity index (χ0) is 38.4. The summed E-state index contributed by atoms with van der Waals surface area (Å²) in [5, 5.41) is 2.17. The van der Waals surface area contributed by atoms with Crippen LogP contribution in [-0.2, 0) is 42.7 Å². The number of benzene rings is 4. The normalized spacial score (nSPS) is 14.3. The lowest BCUT2D eigenvalue weighted by Crippen LogP contribution is -2.50. The van der Waals surface area contributed by atoms with Crippen molar-refractivity contribution in [1.82, 2.24) is 24.5 Å². The van der Waals surface area contributed by atoms with Gasteiger partial charge in [-0.15, -0.1) is 0 Å². The van der Waals surface area contributed by atoms with Crippen LogP contribution in [-0.4, -0.2) is 80.8 Å². The number of nitrogens with zero attached hydrogens (tertiary/aromatic N) is 4. The summed E-state index contributed by atoms with van der Waals surface area (Å²) in [6, 6.07) is 27.0. The lowest BCUT2D eigenvalue weighted by Gasteiger charge is -2.27. The summed E-state index contributed by atoms with van der Waals surface area (Å²) in [5.41, 5.74) is 1.40. The molecule has 1 aliphatic heterocycles. The van der Waals surface area contributed by atoms with Crippen LogP contribution in [0.5, 0.6) is 5.75 Å². The van der Waals surface area contributed by atoms with Crippen LogP contribution < -0.4 is 8.91 Å². The van der Waals surface area contributed by atoms with Gasteiger partial charge in [-0.25, -0.2) is 13.2 Å². The second-order valence-electron chi connectivity index (χ2n) is 13.0. The van der Waals surface area contributed by atoms with Gasteiger partial charge in [-0.05, 0) is 60.4 Å². The fraction of sp³-hybridized carbons (Fsp3) is 0.200. The molecule has 1 unspecified atom stereocenters. The molecule has 15 heteroatoms. The van der Waals surface area contributed by atoms with E-state index in [1.807, 2.05) is 30.3 Å². The Morgan fingerprint density at radius 1 is 0.673 bits per heavy atom. The van der Waals surface area contributed by atoms with Crippen molar-refractivity contribution >= 4 is 53.7 Å². The Hall–Kier alpha value is -5.90. The molecule has 4 aromatic carbocycles. The third kappa shape index (κ3) is 8.75. The summed E-state index contributed by atoms with van der Waals surface area (Å²) in [7, 11) is -8.49. The second-order valence-corrected chi connectivity index (χ2v) is 16.2. The van der Waals surface area contributed by atoms with Crippen molar-refractivity contribution in [3.63, 3.8) is 0 Å². The van der Waals surface area contributed by atoms with Gasteiger partial charge in [-0.2, -0.15) is 13.1 Å². The Morgan fingerprint density at radius 2 is 1.29 bits per heavy atom. The first-order valence-corrected chi connectivity index (χ1v) is 20.4. The molecule has 1 N–H and O–H groups in total. The minimum Gasteiger partial charge on any atom is -0.445 e. The number of hydrogen-bond donors (Lipinski definition) is 1. The van der Waals surface area contributed by atoms with E-state index >= 15 is 0 Å². The van der Waals surface area contributed by atoms with E-state index < -0.39 is 38.2 Å². The van der Waals surface area contributed by atoms with E-state index in [9.17, 15) is 26.4 Å². The van der Waals surface area contributed by atoms with Crippen LogP contribution in [0.4, 0.5) is 4.79 Å².